The number of hydrogen-bond donors (Lipinski definition) is 1. The van der Waals surface area contributed by atoms with E-state index in [1.807, 2.05) is 0 Å². The lowest BCUT2D eigenvalue weighted by atomic mass is 10.2. The van der Waals surface area contributed by atoms with E-state index in [1.54, 1.807) is 0 Å². The Labute approximate surface area is 110 Å². The third-order valence-corrected chi connectivity index (χ3v) is 4.10. The average molecular weight is 245 g/mol. The van der Waals surface area contributed by atoms with Gasteiger partial charge in [0.05, 0.1) is 0 Å². The van der Waals surface area contributed by atoms with Crippen molar-refractivity contribution >= 4 is 5.69 Å². The van der Waals surface area contributed by atoms with Crippen molar-refractivity contribution in [3.63, 3.8) is 0 Å². The van der Waals surface area contributed by atoms with Gasteiger partial charge in [0.1, 0.15) is 0 Å². The minimum Gasteiger partial charge on any atom is -0.371 e. The monoisotopic (exact) mass is 245 g/mol. The predicted octanol–water partition coefficient (Wildman–Crippen LogP) is 1.34. The molecule has 0 unspecified atom stereocenters. The molecule has 0 aliphatic carbocycles. The van der Waals surface area contributed by atoms with Gasteiger partial charge in [-0.05, 0) is 31.0 Å². The van der Waals surface area contributed by atoms with E-state index in [0.29, 0.717) is 0 Å². The number of fused-ring (bicyclic) bond motifs is 1. The largest absolute Gasteiger partial charge is 0.371 e. The van der Waals surface area contributed by atoms with Crippen molar-refractivity contribution in [2.75, 3.05) is 50.7 Å². The van der Waals surface area contributed by atoms with Gasteiger partial charge in [-0.3, -0.25) is 0 Å². The van der Waals surface area contributed by atoms with Gasteiger partial charge >= 0.3 is 0 Å². The fourth-order valence-electron chi connectivity index (χ4n) is 3.06. The molecule has 1 N–H and O–H groups in total. The van der Waals surface area contributed by atoms with Gasteiger partial charge < -0.3 is 15.1 Å². The molecule has 3 rings (SSSR count). The van der Waals surface area contributed by atoms with Crippen LogP contribution in [0.25, 0.3) is 0 Å². The number of nitrogens with zero attached hydrogens (tertiary/aromatic N) is 2. The van der Waals surface area contributed by atoms with Gasteiger partial charge in [0.25, 0.3) is 0 Å². The van der Waals surface area contributed by atoms with Crippen LogP contribution in [0.1, 0.15) is 12.0 Å². The number of nitrogens with one attached hydrogen (secondary N) is 1. The summed E-state index contributed by atoms with van der Waals surface area (Å²) in [5.74, 6) is 0. The van der Waals surface area contributed by atoms with Crippen LogP contribution in [0.15, 0.2) is 24.3 Å². The number of para-hydroxylation sites is 1. The number of rotatable bonds is 4. The molecule has 0 atom stereocenters. The van der Waals surface area contributed by atoms with E-state index in [2.05, 4.69) is 39.4 Å². The van der Waals surface area contributed by atoms with Crippen LogP contribution in [-0.4, -0.2) is 50.7 Å². The van der Waals surface area contributed by atoms with Crippen LogP contribution in [0.3, 0.4) is 0 Å². The van der Waals surface area contributed by atoms with Crippen LogP contribution in [0.2, 0.25) is 0 Å². The summed E-state index contributed by atoms with van der Waals surface area (Å²) < 4.78 is 0. The van der Waals surface area contributed by atoms with Gasteiger partial charge in [0.2, 0.25) is 0 Å². The van der Waals surface area contributed by atoms with Gasteiger partial charge in [0.15, 0.2) is 0 Å². The molecule has 0 aromatic heterocycles. The SMILES string of the molecule is c1ccc2c(c1)CCN2CCCN1CCNCC1. The second kappa shape index (κ2) is 5.72. The van der Waals surface area contributed by atoms with Crippen molar-refractivity contribution in [1.29, 1.82) is 0 Å². The zero-order valence-electron chi connectivity index (χ0n) is 11.1. The standard InChI is InChI=1S/C15H23N3/c1-2-5-15-14(4-1)6-11-18(15)10-3-9-17-12-7-16-8-13-17/h1-2,4-5,16H,3,6-13H2. The topological polar surface area (TPSA) is 18.5 Å². The van der Waals surface area contributed by atoms with E-state index in [4.69, 9.17) is 0 Å². The summed E-state index contributed by atoms with van der Waals surface area (Å²) in [7, 11) is 0. The second-order valence-corrected chi connectivity index (χ2v) is 5.31. The van der Waals surface area contributed by atoms with Gasteiger partial charge in [-0.2, -0.15) is 0 Å². The van der Waals surface area contributed by atoms with E-state index in [-0.39, 0.29) is 0 Å². The number of piperazine rings is 1. The molecule has 0 bridgehead atoms. The second-order valence-electron chi connectivity index (χ2n) is 5.31. The first-order chi connectivity index (χ1) is 8.93. The van der Waals surface area contributed by atoms with Crippen LogP contribution >= 0.6 is 0 Å². The predicted molar refractivity (Wildman–Crippen MR) is 76.3 cm³/mol. The molecule has 1 aromatic rings. The number of hydrogen-bond acceptors (Lipinski definition) is 3. The summed E-state index contributed by atoms with van der Waals surface area (Å²) in [5, 5.41) is 3.41. The molecule has 1 saturated heterocycles. The van der Waals surface area contributed by atoms with E-state index < -0.39 is 0 Å². The highest BCUT2D eigenvalue weighted by Gasteiger charge is 2.18. The average Bonchev–Trinajstić information content (AvgIpc) is 2.84. The van der Waals surface area contributed by atoms with Gasteiger partial charge in [-0.15, -0.1) is 0 Å². The molecule has 3 nitrogen and oxygen atoms in total. The molecule has 0 saturated carbocycles. The summed E-state index contributed by atoms with van der Waals surface area (Å²) in [4.78, 5) is 5.13. The Morgan fingerprint density at radius 1 is 1.00 bits per heavy atom. The molecule has 0 spiro atoms. The lowest BCUT2D eigenvalue weighted by Gasteiger charge is -2.28. The van der Waals surface area contributed by atoms with Gasteiger partial charge in [0, 0.05) is 45.0 Å². The lowest BCUT2D eigenvalue weighted by Crippen LogP contribution is -2.44. The minimum atomic E-state index is 1.16. The van der Waals surface area contributed by atoms with Crippen molar-refractivity contribution in [1.82, 2.24) is 10.2 Å². The van der Waals surface area contributed by atoms with Crippen LogP contribution in [0.5, 0.6) is 0 Å². The normalized spacial score (nSPS) is 20.1. The van der Waals surface area contributed by atoms with E-state index in [0.717, 1.165) is 13.1 Å². The molecule has 1 aromatic carbocycles. The summed E-state index contributed by atoms with van der Waals surface area (Å²) >= 11 is 0. The first-order valence-corrected chi connectivity index (χ1v) is 7.19. The summed E-state index contributed by atoms with van der Waals surface area (Å²) in [6.07, 6.45) is 2.51. The van der Waals surface area contributed by atoms with Crippen molar-refractivity contribution in [2.45, 2.75) is 12.8 Å². The number of benzene rings is 1. The Bertz CT molecular complexity index is 385. The zero-order chi connectivity index (χ0) is 12.2. The van der Waals surface area contributed by atoms with Gasteiger partial charge in [-0.1, -0.05) is 18.2 Å². The highest BCUT2D eigenvalue weighted by molar-refractivity contribution is 5.57. The summed E-state index contributed by atoms with van der Waals surface area (Å²) in [6.45, 7) is 8.43. The molecular weight excluding hydrogens is 222 g/mol. The molecule has 0 radical (unpaired) electrons. The van der Waals surface area contributed by atoms with Crippen molar-refractivity contribution in [3.8, 4) is 0 Å². The molecule has 2 aliphatic heterocycles. The highest BCUT2D eigenvalue weighted by atomic mass is 15.2. The molecule has 18 heavy (non-hydrogen) atoms. The van der Waals surface area contributed by atoms with Gasteiger partial charge in [-0.25, -0.2) is 0 Å². The van der Waals surface area contributed by atoms with E-state index >= 15 is 0 Å². The number of anilines is 1. The Balaban J connectivity index is 1.47. The molecule has 0 amide bonds. The summed E-state index contributed by atoms with van der Waals surface area (Å²) in [5.41, 5.74) is 3.00. The molecule has 3 heteroatoms. The zero-order valence-corrected chi connectivity index (χ0v) is 11.1. The smallest absolute Gasteiger partial charge is 0.0399 e. The quantitative estimate of drug-likeness (QED) is 0.864. The summed E-state index contributed by atoms with van der Waals surface area (Å²) in [6, 6.07) is 8.86. The molecule has 2 aliphatic rings. The Kier molecular flexibility index (Phi) is 3.81. The van der Waals surface area contributed by atoms with E-state index in [9.17, 15) is 0 Å². The van der Waals surface area contributed by atoms with Crippen LogP contribution in [-0.2, 0) is 6.42 Å². The maximum absolute atomic E-state index is 3.41. The Morgan fingerprint density at radius 2 is 1.83 bits per heavy atom. The maximum atomic E-state index is 3.41. The fraction of sp³-hybridized carbons (Fsp3) is 0.600. The highest BCUT2D eigenvalue weighted by Crippen LogP contribution is 2.27. The Morgan fingerprint density at radius 3 is 2.72 bits per heavy atom. The van der Waals surface area contributed by atoms with Crippen molar-refractivity contribution < 1.29 is 0 Å². The van der Waals surface area contributed by atoms with E-state index in [1.165, 1.54) is 56.8 Å². The minimum absolute atomic E-state index is 1.16. The maximum Gasteiger partial charge on any atom is 0.0399 e. The van der Waals surface area contributed by atoms with Crippen LogP contribution in [0, 0.1) is 0 Å². The first-order valence-electron chi connectivity index (χ1n) is 7.19. The molecule has 1 fully saturated rings. The third kappa shape index (κ3) is 2.68. The molecule has 98 valence electrons. The first kappa shape index (κ1) is 12.0. The molecule has 2 heterocycles. The van der Waals surface area contributed by atoms with Crippen LogP contribution in [0.4, 0.5) is 5.69 Å². The van der Waals surface area contributed by atoms with Crippen molar-refractivity contribution in [2.24, 2.45) is 0 Å². The Hall–Kier alpha value is -1.06. The van der Waals surface area contributed by atoms with Crippen molar-refractivity contribution in [3.05, 3.63) is 29.8 Å². The third-order valence-electron chi connectivity index (χ3n) is 4.10. The molecular formula is C15H23N3. The van der Waals surface area contributed by atoms with Crippen LogP contribution < -0.4 is 10.2 Å². The lowest BCUT2D eigenvalue weighted by molar-refractivity contribution is 0.239. The fourth-order valence-corrected chi connectivity index (χ4v) is 3.06.